The first-order valence-electron chi connectivity index (χ1n) is 4.49. The first kappa shape index (κ1) is 14.5. The molecule has 0 aromatic heterocycles. The van der Waals surface area contributed by atoms with E-state index >= 15 is 0 Å². The maximum atomic E-state index is 10.1. The van der Waals surface area contributed by atoms with E-state index < -0.39 is 12.1 Å². The molecule has 0 rings (SSSR count). The Labute approximate surface area is 95.9 Å². The summed E-state index contributed by atoms with van der Waals surface area (Å²) in [6.45, 7) is -0.150. The Bertz CT molecular complexity index is 384. The average Bonchev–Trinajstić information content (AvgIpc) is 2.33. The minimum Gasteiger partial charge on any atom is -0.211 e. The van der Waals surface area contributed by atoms with Crippen molar-refractivity contribution in [2.24, 2.45) is 20.0 Å². The van der Waals surface area contributed by atoms with Crippen molar-refractivity contribution in [3.8, 4) is 0 Å². The second kappa shape index (κ2) is 10.1. The lowest BCUT2D eigenvalue weighted by molar-refractivity contribution is 0.507. The van der Waals surface area contributed by atoms with E-state index in [1.54, 1.807) is 0 Å². The van der Waals surface area contributed by atoms with Gasteiger partial charge in [-0.2, -0.15) is 0 Å². The van der Waals surface area contributed by atoms with Crippen LogP contribution < -0.4 is 0 Å². The molecule has 2 unspecified atom stereocenters. The van der Waals surface area contributed by atoms with Gasteiger partial charge in [0.25, 0.3) is 0 Å². The molecule has 0 amide bonds. The fourth-order valence-corrected chi connectivity index (χ4v) is 1.08. The van der Waals surface area contributed by atoms with Crippen molar-refractivity contribution in [2.45, 2.75) is 18.5 Å². The largest absolute Gasteiger partial charge is 0.235 e. The molecule has 0 bridgehead atoms. The van der Waals surface area contributed by atoms with Gasteiger partial charge in [-0.3, -0.25) is 0 Å². The third-order valence-corrected chi connectivity index (χ3v) is 1.75. The Morgan fingerprint density at radius 3 is 1.41 bits per heavy atom. The zero-order chi connectivity index (χ0) is 12.9. The highest BCUT2D eigenvalue weighted by Gasteiger charge is 2.15. The van der Waals surface area contributed by atoms with Gasteiger partial charge < -0.3 is 0 Å². The van der Waals surface area contributed by atoms with Gasteiger partial charge in [0.05, 0.1) is 25.2 Å². The lowest BCUT2D eigenvalue weighted by Gasteiger charge is -2.10. The maximum Gasteiger partial charge on any atom is 0.235 e. The van der Waals surface area contributed by atoms with Gasteiger partial charge in [0.2, 0.25) is 24.3 Å². The third kappa shape index (κ3) is 7.45. The normalized spacial score (nSPS) is 11.8. The summed E-state index contributed by atoms with van der Waals surface area (Å²) in [4.78, 5) is 53.3. The van der Waals surface area contributed by atoms with E-state index in [2.05, 4.69) is 20.0 Å². The molecule has 0 heterocycles. The Hall–Kier alpha value is -2.48. The maximum absolute atomic E-state index is 10.1. The molecule has 0 saturated carbocycles. The van der Waals surface area contributed by atoms with E-state index in [9.17, 15) is 19.2 Å². The Kier molecular flexibility index (Phi) is 8.59. The smallest absolute Gasteiger partial charge is 0.211 e. The van der Waals surface area contributed by atoms with E-state index in [-0.39, 0.29) is 19.5 Å². The van der Waals surface area contributed by atoms with Crippen LogP contribution in [0.2, 0.25) is 0 Å². The van der Waals surface area contributed by atoms with Gasteiger partial charge in [0.1, 0.15) is 0 Å². The summed E-state index contributed by atoms with van der Waals surface area (Å²) >= 11 is 0. The molecule has 0 spiro atoms. The molecule has 0 radical (unpaired) electrons. The zero-order valence-electron chi connectivity index (χ0n) is 8.70. The molecule has 0 fully saturated rings. The van der Waals surface area contributed by atoms with Crippen molar-refractivity contribution < 1.29 is 19.2 Å². The zero-order valence-corrected chi connectivity index (χ0v) is 8.70. The van der Waals surface area contributed by atoms with Gasteiger partial charge in [0, 0.05) is 0 Å². The van der Waals surface area contributed by atoms with Crippen LogP contribution in [0.25, 0.3) is 0 Å². The number of nitrogens with zero attached hydrogens (tertiary/aromatic N) is 4. The molecule has 88 valence electrons. The van der Waals surface area contributed by atoms with E-state index in [4.69, 9.17) is 0 Å². The average molecular weight is 236 g/mol. The van der Waals surface area contributed by atoms with Gasteiger partial charge in [-0.15, -0.1) is 0 Å². The first-order valence-corrected chi connectivity index (χ1v) is 4.49. The summed E-state index contributed by atoms with van der Waals surface area (Å²) < 4.78 is 0. The number of hydrogen-bond donors (Lipinski definition) is 0. The lowest BCUT2D eigenvalue weighted by Crippen LogP contribution is -2.20. The predicted molar refractivity (Wildman–Crippen MR) is 54.4 cm³/mol. The molecule has 0 aliphatic heterocycles. The Balaban J connectivity index is 4.63. The van der Waals surface area contributed by atoms with Crippen molar-refractivity contribution in [3.63, 3.8) is 0 Å². The summed E-state index contributed by atoms with van der Waals surface area (Å²) in [7, 11) is 0. The van der Waals surface area contributed by atoms with Crippen LogP contribution in [0.1, 0.15) is 6.42 Å². The minimum absolute atomic E-state index is 0.0750. The minimum atomic E-state index is -0.669. The van der Waals surface area contributed by atoms with Gasteiger partial charge in [-0.05, 0) is 6.42 Å². The molecule has 0 aromatic rings. The summed E-state index contributed by atoms with van der Waals surface area (Å²) in [5.74, 6) is 0. The molecule has 0 aliphatic rings. The predicted octanol–water partition coefficient (Wildman–Crippen LogP) is -0.543. The van der Waals surface area contributed by atoms with Gasteiger partial charge in [-0.1, -0.05) is 0 Å². The van der Waals surface area contributed by atoms with E-state index in [1.165, 1.54) is 24.3 Å². The fraction of sp³-hybridized carbons (Fsp3) is 0.556. The van der Waals surface area contributed by atoms with Crippen LogP contribution in [-0.2, 0) is 19.2 Å². The topological polar surface area (TPSA) is 118 Å². The van der Waals surface area contributed by atoms with Gasteiger partial charge >= 0.3 is 0 Å². The molecular weight excluding hydrogens is 228 g/mol. The van der Waals surface area contributed by atoms with E-state index in [0.717, 1.165) is 0 Å². The van der Waals surface area contributed by atoms with Crippen LogP contribution in [0.5, 0.6) is 0 Å². The summed E-state index contributed by atoms with van der Waals surface area (Å²) in [5.41, 5.74) is 0. The molecule has 8 nitrogen and oxygen atoms in total. The second-order valence-electron chi connectivity index (χ2n) is 2.85. The lowest BCUT2D eigenvalue weighted by atomic mass is 10.1. The number of aliphatic imine (C=N–C) groups is 4. The summed E-state index contributed by atoms with van der Waals surface area (Å²) in [6, 6.07) is -1.34. The second-order valence-corrected chi connectivity index (χ2v) is 2.85. The Morgan fingerprint density at radius 1 is 0.706 bits per heavy atom. The number of isocyanates is 4. The molecular formula is C9H8N4O4. The standard InChI is InChI=1S/C9H8N4O4/c14-4-10-2-8(12-6-16)1-9(13-7-17)3-11-5-15/h8-9H,1-3H2. The van der Waals surface area contributed by atoms with E-state index in [0.29, 0.717) is 0 Å². The summed E-state index contributed by atoms with van der Waals surface area (Å²) in [6.07, 6.45) is 5.34. The van der Waals surface area contributed by atoms with Crippen LogP contribution in [0.3, 0.4) is 0 Å². The molecule has 0 N–H and O–H groups in total. The first-order chi connectivity index (χ1) is 8.28. The van der Waals surface area contributed by atoms with Crippen LogP contribution in [0.4, 0.5) is 0 Å². The monoisotopic (exact) mass is 236 g/mol. The van der Waals surface area contributed by atoms with Crippen molar-refractivity contribution in [1.29, 1.82) is 0 Å². The molecule has 0 saturated heterocycles. The van der Waals surface area contributed by atoms with Gasteiger partial charge in [-0.25, -0.2) is 39.1 Å². The number of rotatable bonds is 8. The molecule has 2 atom stereocenters. The van der Waals surface area contributed by atoms with Crippen molar-refractivity contribution in [3.05, 3.63) is 0 Å². The molecule has 17 heavy (non-hydrogen) atoms. The number of hydrogen-bond acceptors (Lipinski definition) is 8. The number of carbonyl (C=O) groups excluding carboxylic acids is 4. The molecule has 0 aliphatic carbocycles. The Morgan fingerprint density at radius 2 is 1.12 bits per heavy atom. The van der Waals surface area contributed by atoms with Crippen LogP contribution >= 0.6 is 0 Å². The van der Waals surface area contributed by atoms with Crippen molar-refractivity contribution in [2.75, 3.05) is 13.1 Å². The highest BCUT2D eigenvalue weighted by molar-refractivity contribution is 5.36. The van der Waals surface area contributed by atoms with Crippen molar-refractivity contribution in [1.82, 2.24) is 0 Å². The van der Waals surface area contributed by atoms with Crippen LogP contribution in [0, 0.1) is 0 Å². The molecule has 8 heteroatoms. The SMILES string of the molecule is O=C=NCC(CC(CN=C=O)N=C=O)N=C=O. The third-order valence-electron chi connectivity index (χ3n) is 1.75. The van der Waals surface area contributed by atoms with Crippen LogP contribution in [0.15, 0.2) is 20.0 Å². The molecule has 0 aromatic carbocycles. The summed E-state index contributed by atoms with van der Waals surface area (Å²) in [5, 5.41) is 0. The van der Waals surface area contributed by atoms with Crippen molar-refractivity contribution >= 4 is 24.3 Å². The quantitative estimate of drug-likeness (QED) is 0.415. The van der Waals surface area contributed by atoms with Crippen LogP contribution in [-0.4, -0.2) is 49.5 Å². The van der Waals surface area contributed by atoms with E-state index in [1.807, 2.05) is 0 Å². The highest BCUT2D eigenvalue weighted by atomic mass is 16.1. The van der Waals surface area contributed by atoms with Gasteiger partial charge in [0.15, 0.2) is 0 Å². The highest BCUT2D eigenvalue weighted by Crippen LogP contribution is 2.06. The fourth-order valence-electron chi connectivity index (χ4n) is 1.08.